The van der Waals surface area contributed by atoms with Crippen molar-refractivity contribution in [1.82, 2.24) is 9.97 Å². The number of rotatable bonds is 6. The predicted molar refractivity (Wildman–Crippen MR) is 106 cm³/mol. The van der Waals surface area contributed by atoms with Crippen LogP contribution in [0.2, 0.25) is 0 Å². The molecule has 0 bridgehead atoms. The third-order valence-corrected chi connectivity index (χ3v) is 4.92. The Balaban J connectivity index is 1.73. The topological polar surface area (TPSA) is 55.0 Å². The number of aromatic amines is 1. The lowest BCUT2D eigenvalue weighted by Crippen LogP contribution is -2.10. The van der Waals surface area contributed by atoms with Crippen molar-refractivity contribution in [3.05, 3.63) is 86.8 Å². The fourth-order valence-electron chi connectivity index (χ4n) is 2.90. The van der Waals surface area contributed by atoms with Gasteiger partial charge in [-0.1, -0.05) is 53.2 Å². The smallest absolute Gasteiger partial charge is 0.251 e. The minimum atomic E-state index is -0.114. The molecule has 0 radical (unpaired) electrons. The van der Waals surface area contributed by atoms with Gasteiger partial charge in [-0.15, -0.1) is 0 Å². The van der Waals surface area contributed by atoms with Crippen molar-refractivity contribution in [2.24, 2.45) is 0 Å². The molecule has 3 aromatic rings. The molecule has 3 rings (SSSR count). The average molecular weight is 366 g/mol. The Morgan fingerprint density at radius 2 is 1.69 bits per heavy atom. The number of ether oxygens (including phenoxy) is 1. The zero-order chi connectivity index (χ0) is 18.5. The van der Waals surface area contributed by atoms with Crippen LogP contribution in [0.1, 0.15) is 27.9 Å². The van der Waals surface area contributed by atoms with Crippen molar-refractivity contribution in [2.45, 2.75) is 31.2 Å². The number of thioether (sulfide) groups is 1. The van der Waals surface area contributed by atoms with Crippen LogP contribution in [0, 0.1) is 13.8 Å². The van der Waals surface area contributed by atoms with Crippen molar-refractivity contribution in [1.29, 1.82) is 0 Å². The highest BCUT2D eigenvalue weighted by Crippen LogP contribution is 2.21. The molecule has 0 aliphatic rings. The summed E-state index contributed by atoms with van der Waals surface area (Å²) in [5.41, 5.74) is 5.44. The van der Waals surface area contributed by atoms with Gasteiger partial charge < -0.3 is 9.72 Å². The van der Waals surface area contributed by atoms with Gasteiger partial charge in [0.05, 0.1) is 12.8 Å². The highest BCUT2D eigenvalue weighted by atomic mass is 32.2. The van der Waals surface area contributed by atoms with E-state index in [9.17, 15) is 4.79 Å². The van der Waals surface area contributed by atoms with Crippen LogP contribution in [0.15, 0.2) is 58.5 Å². The molecular formula is C21H22N2O2S. The van der Waals surface area contributed by atoms with Crippen molar-refractivity contribution in [2.75, 3.05) is 7.11 Å². The van der Waals surface area contributed by atoms with E-state index in [1.165, 1.54) is 28.5 Å². The van der Waals surface area contributed by atoms with Gasteiger partial charge in [0.2, 0.25) is 0 Å². The molecule has 0 saturated carbocycles. The molecule has 1 heterocycles. The fourth-order valence-corrected chi connectivity index (χ4v) is 3.75. The molecule has 2 aromatic carbocycles. The van der Waals surface area contributed by atoms with Crippen LogP contribution >= 0.6 is 11.8 Å². The lowest BCUT2D eigenvalue weighted by molar-refractivity contribution is 0.414. The maximum Gasteiger partial charge on any atom is 0.251 e. The van der Waals surface area contributed by atoms with Crippen LogP contribution in [0.3, 0.4) is 0 Å². The number of benzene rings is 2. The first-order chi connectivity index (χ1) is 12.5. The summed E-state index contributed by atoms with van der Waals surface area (Å²) >= 11 is 1.52. The number of nitrogens with zero attached hydrogens (tertiary/aromatic N) is 1. The highest BCUT2D eigenvalue weighted by Gasteiger charge is 2.06. The van der Waals surface area contributed by atoms with Gasteiger partial charge >= 0.3 is 0 Å². The molecule has 0 spiro atoms. The van der Waals surface area contributed by atoms with Crippen molar-refractivity contribution in [3.63, 3.8) is 0 Å². The second kappa shape index (κ2) is 8.23. The second-order valence-corrected chi connectivity index (χ2v) is 7.32. The molecule has 0 amide bonds. The summed E-state index contributed by atoms with van der Waals surface area (Å²) < 4.78 is 5.17. The summed E-state index contributed by atoms with van der Waals surface area (Å²) in [4.78, 5) is 19.4. The molecule has 0 saturated heterocycles. The number of nitrogens with one attached hydrogen (secondary N) is 1. The maximum absolute atomic E-state index is 12.0. The van der Waals surface area contributed by atoms with E-state index in [-0.39, 0.29) is 5.56 Å². The molecule has 0 aliphatic heterocycles. The fraction of sp³-hybridized carbons (Fsp3) is 0.238. The van der Waals surface area contributed by atoms with Gasteiger partial charge in [-0.25, -0.2) is 4.98 Å². The summed E-state index contributed by atoms with van der Waals surface area (Å²) in [6.45, 7) is 4.16. The lowest BCUT2D eigenvalue weighted by Gasteiger charge is -2.07. The summed E-state index contributed by atoms with van der Waals surface area (Å²) in [7, 11) is 1.65. The summed E-state index contributed by atoms with van der Waals surface area (Å²) in [6.07, 6.45) is 0.655. The second-order valence-electron chi connectivity index (χ2n) is 6.35. The van der Waals surface area contributed by atoms with E-state index in [1.807, 2.05) is 24.3 Å². The van der Waals surface area contributed by atoms with Gasteiger partial charge in [-0.3, -0.25) is 4.79 Å². The van der Waals surface area contributed by atoms with Gasteiger partial charge in [-0.05, 0) is 37.1 Å². The van der Waals surface area contributed by atoms with E-state index < -0.39 is 0 Å². The van der Waals surface area contributed by atoms with Crippen LogP contribution in [0.4, 0.5) is 0 Å². The van der Waals surface area contributed by atoms with Crippen LogP contribution in [-0.2, 0) is 12.2 Å². The number of aryl methyl sites for hydroxylation is 2. The quantitative estimate of drug-likeness (QED) is 0.523. The van der Waals surface area contributed by atoms with E-state index in [0.29, 0.717) is 11.6 Å². The maximum atomic E-state index is 12.0. The minimum Gasteiger partial charge on any atom is -0.497 e. The van der Waals surface area contributed by atoms with Crippen LogP contribution in [0.5, 0.6) is 5.75 Å². The lowest BCUT2D eigenvalue weighted by atomic mass is 10.0. The Morgan fingerprint density at radius 3 is 2.35 bits per heavy atom. The molecule has 26 heavy (non-hydrogen) atoms. The standard InChI is InChI=1S/C21H22N2O2S/c1-14-8-15(2)10-17(9-14)11-18-12-20(24)23-21(22-18)26-13-16-4-6-19(25-3)7-5-16/h4-10,12H,11,13H2,1-3H3,(H,22,23,24). The van der Waals surface area contributed by atoms with E-state index >= 15 is 0 Å². The Bertz CT molecular complexity index is 929. The van der Waals surface area contributed by atoms with Gasteiger partial charge in [-0.2, -0.15) is 0 Å². The molecular weight excluding hydrogens is 344 g/mol. The zero-order valence-electron chi connectivity index (χ0n) is 15.2. The first-order valence-electron chi connectivity index (χ1n) is 8.45. The number of aromatic nitrogens is 2. The zero-order valence-corrected chi connectivity index (χ0v) is 16.0. The minimum absolute atomic E-state index is 0.114. The van der Waals surface area contributed by atoms with Crippen molar-refractivity contribution < 1.29 is 4.74 Å². The Kier molecular flexibility index (Phi) is 5.78. The van der Waals surface area contributed by atoms with E-state index in [2.05, 4.69) is 42.0 Å². The van der Waals surface area contributed by atoms with Gasteiger partial charge in [0.25, 0.3) is 5.56 Å². The predicted octanol–water partition coefficient (Wildman–Crippen LogP) is 4.28. The molecule has 0 atom stereocenters. The Morgan fingerprint density at radius 1 is 1.00 bits per heavy atom. The van der Waals surface area contributed by atoms with Crippen LogP contribution in [0.25, 0.3) is 0 Å². The number of methoxy groups -OCH3 is 1. The molecule has 0 unspecified atom stereocenters. The van der Waals surface area contributed by atoms with Crippen LogP contribution < -0.4 is 10.3 Å². The highest BCUT2D eigenvalue weighted by molar-refractivity contribution is 7.98. The molecule has 5 heteroatoms. The third-order valence-electron chi connectivity index (χ3n) is 3.97. The number of hydrogen-bond donors (Lipinski definition) is 1. The Labute approximate surface area is 157 Å². The molecule has 0 fully saturated rings. The van der Waals surface area contributed by atoms with E-state index in [4.69, 9.17) is 4.74 Å². The van der Waals surface area contributed by atoms with E-state index in [1.54, 1.807) is 13.2 Å². The van der Waals surface area contributed by atoms with Gasteiger partial charge in [0.15, 0.2) is 5.16 Å². The monoisotopic (exact) mass is 366 g/mol. The molecule has 134 valence electrons. The Hall–Kier alpha value is -2.53. The SMILES string of the molecule is COc1ccc(CSc2nc(Cc3cc(C)cc(C)c3)cc(=O)[nH]2)cc1. The molecule has 1 N–H and O–H groups in total. The molecule has 1 aromatic heterocycles. The normalized spacial score (nSPS) is 10.7. The average Bonchev–Trinajstić information content (AvgIpc) is 2.59. The van der Waals surface area contributed by atoms with Gasteiger partial charge in [0, 0.05) is 18.2 Å². The first-order valence-corrected chi connectivity index (χ1v) is 9.43. The van der Waals surface area contributed by atoms with Crippen molar-refractivity contribution >= 4 is 11.8 Å². The first kappa shape index (κ1) is 18.3. The van der Waals surface area contributed by atoms with Gasteiger partial charge in [0.1, 0.15) is 5.75 Å². The molecule has 4 nitrogen and oxygen atoms in total. The number of hydrogen-bond acceptors (Lipinski definition) is 4. The summed E-state index contributed by atoms with van der Waals surface area (Å²) in [6, 6.07) is 15.9. The number of H-pyrrole nitrogens is 1. The summed E-state index contributed by atoms with van der Waals surface area (Å²) in [5, 5.41) is 0.646. The largest absolute Gasteiger partial charge is 0.497 e. The van der Waals surface area contributed by atoms with Crippen LogP contribution in [-0.4, -0.2) is 17.1 Å². The molecule has 0 aliphatic carbocycles. The summed E-state index contributed by atoms with van der Waals surface area (Å²) in [5.74, 6) is 1.57. The van der Waals surface area contributed by atoms with Crippen molar-refractivity contribution in [3.8, 4) is 5.75 Å². The third kappa shape index (κ3) is 4.99. The van der Waals surface area contributed by atoms with E-state index in [0.717, 1.165) is 22.8 Å².